The van der Waals surface area contributed by atoms with Crippen molar-refractivity contribution in [1.29, 1.82) is 0 Å². The minimum absolute atomic E-state index is 0.00287. The molecule has 0 aliphatic heterocycles. The van der Waals surface area contributed by atoms with Crippen LogP contribution in [0, 0.1) is 0 Å². The molecule has 0 fully saturated rings. The first kappa shape index (κ1) is 17.0. The number of carbonyl (C=O) groups is 2. The van der Waals surface area contributed by atoms with Crippen molar-refractivity contribution < 1.29 is 14.7 Å². The summed E-state index contributed by atoms with van der Waals surface area (Å²) in [6.07, 6.45) is 1.09. The van der Waals surface area contributed by atoms with E-state index in [1.807, 2.05) is 50.2 Å². The molecule has 1 aromatic rings. The Morgan fingerprint density at radius 2 is 1.71 bits per heavy atom. The first-order valence-corrected chi connectivity index (χ1v) is 7.20. The molecule has 0 aromatic heterocycles. The van der Waals surface area contributed by atoms with Gasteiger partial charge in [-0.15, -0.1) is 0 Å². The number of rotatable bonds is 8. The Morgan fingerprint density at radius 3 is 2.19 bits per heavy atom. The highest BCUT2D eigenvalue weighted by Crippen LogP contribution is 2.13. The molecule has 0 atom stereocenters. The molecule has 0 saturated carbocycles. The van der Waals surface area contributed by atoms with Gasteiger partial charge in [0, 0.05) is 39.3 Å². The predicted molar refractivity (Wildman–Crippen MR) is 83.6 cm³/mol. The van der Waals surface area contributed by atoms with Crippen LogP contribution in [-0.2, 0) is 16.0 Å². The molecule has 0 unspecified atom stereocenters. The van der Waals surface area contributed by atoms with Gasteiger partial charge in [0.2, 0.25) is 5.91 Å². The monoisotopic (exact) mass is 292 g/mol. The zero-order valence-corrected chi connectivity index (χ0v) is 13.0. The third-order valence-electron chi connectivity index (χ3n) is 3.41. The van der Waals surface area contributed by atoms with Gasteiger partial charge in [0.1, 0.15) is 0 Å². The van der Waals surface area contributed by atoms with E-state index < -0.39 is 5.97 Å². The van der Waals surface area contributed by atoms with E-state index in [-0.39, 0.29) is 18.9 Å². The summed E-state index contributed by atoms with van der Waals surface area (Å²) in [5.41, 5.74) is 2.24. The number of hydrogen-bond donors (Lipinski definition) is 1. The fourth-order valence-corrected chi connectivity index (χ4v) is 2.06. The average Bonchev–Trinajstić information content (AvgIpc) is 2.45. The summed E-state index contributed by atoms with van der Waals surface area (Å²) in [5, 5.41) is 8.68. The molecular weight excluding hydrogens is 268 g/mol. The number of carboxylic acids is 1. The Bertz CT molecular complexity index is 469. The first-order valence-electron chi connectivity index (χ1n) is 7.20. The van der Waals surface area contributed by atoms with E-state index in [2.05, 4.69) is 0 Å². The van der Waals surface area contributed by atoms with Gasteiger partial charge < -0.3 is 14.9 Å². The largest absolute Gasteiger partial charge is 0.481 e. The normalized spacial score (nSPS) is 10.2. The van der Waals surface area contributed by atoms with Gasteiger partial charge >= 0.3 is 5.97 Å². The van der Waals surface area contributed by atoms with Gasteiger partial charge in [0.15, 0.2) is 0 Å². The van der Waals surface area contributed by atoms with Crippen LogP contribution in [-0.4, -0.2) is 49.1 Å². The number of carbonyl (C=O) groups excluding carboxylic acids is 1. The van der Waals surface area contributed by atoms with Crippen LogP contribution in [0.15, 0.2) is 24.3 Å². The molecule has 0 bridgehead atoms. The van der Waals surface area contributed by atoms with Crippen LogP contribution < -0.4 is 4.90 Å². The maximum absolute atomic E-state index is 12.1. The van der Waals surface area contributed by atoms with Crippen LogP contribution in [0.5, 0.6) is 0 Å². The van der Waals surface area contributed by atoms with Gasteiger partial charge in [-0.1, -0.05) is 12.1 Å². The Hall–Kier alpha value is -2.04. The van der Waals surface area contributed by atoms with Crippen LogP contribution >= 0.6 is 0 Å². The summed E-state index contributed by atoms with van der Waals surface area (Å²) in [4.78, 5) is 26.3. The van der Waals surface area contributed by atoms with E-state index in [0.29, 0.717) is 19.4 Å². The average molecular weight is 292 g/mol. The van der Waals surface area contributed by atoms with E-state index in [0.717, 1.165) is 11.3 Å². The van der Waals surface area contributed by atoms with Crippen LogP contribution in [0.2, 0.25) is 0 Å². The minimum atomic E-state index is -0.875. The minimum Gasteiger partial charge on any atom is -0.481 e. The summed E-state index contributed by atoms with van der Waals surface area (Å²) >= 11 is 0. The third kappa shape index (κ3) is 5.85. The molecule has 116 valence electrons. The molecule has 1 aromatic carbocycles. The Kier molecular flexibility index (Phi) is 6.72. The van der Waals surface area contributed by atoms with Crippen LogP contribution in [0.1, 0.15) is 25.3 Å². The highest BCUT2D eigenvalue weighted by Gasteiger charge is 2.12. The van der Waals surface area contributed by atoms with Crippen molar-refractivity contribution in [3.63, 3.8) is 0 Å². The predicted octanol–water partition coefficient (Wildman–Crippen LogP) is 2.01. The van der Waals surface area contributed by atoms with Gasteiger partial charge in [-0.05, 0) is 31.0 Å². The third-order valence-corrected chi connectivity index (χ3v) is 3.41. The quantitative estimate of drug-likeness (QED) is 0.796. The fraction of sp³-hybridized carbons (Fsp3) is 0.500. The Morgan fingerprint density at radius 1 is 1.10 bits per heavy atom. The number of carboxylic acid groups (broad SMARTS) is 1. The number of amides is 1. The number of anilines is 1. The van der Waals surface area contributed by atoms with Gasteiger partial charge in [-0.25, -0.2) is 0 Å². The van der Waals surface area contributed by atoms with Crippen molar-refractivity contribution in [3.05, 3.63) is 29.8 Å². The SMILES string of the molecule is CCN(CCC(=O)O)C(=O)CCc1ccc(N(C)C)cc1. The van der Waals surface area contributed by atoms with E-state index in [1.54, 1.807) is 4.90 Å². The molecule has 1 N–H and O–H groups in total. The second-order valence-electron chi connectivity index (χ2n) is 5.18. The zero-order valence-electron chi connectivity index (χ0n) is 13.0. The number of nitrogens with zero attached hydrogens (tertiary/aromatic N) is 2. The molecule has 0 heterocycles. The van der Waals surface area contributed by atoms with E-state index in [9.17, 15) is 9.59 Å². The smallest absolute Gasteiger partial charge is 0.305 e. The summed E-state index contributed by atoms with van der Waals surface area (Å²) < 4.78 is 0. The summed E-state index contributed by atoms with van der Waals surface area (Å²) in [7, 11) is 3.97. The highest BCUT2D eigenvalue weighted by atomic mass is 16.4. The molecule has 1 amide bonds. The number of hydrogen-bond acceptors (Lipinski definition) is 3. The van der Waals surface area contributed by atoms with Crippen molar-refractivity contribution in [2.24, 2.45) is 0 Å². The second kappa shape index (κ2) is 8.29. The maximum atomic E-state index is 12.1. The van der Waals surface area contributed by atoms with Crippen LogP contribution in [0.4, 0.5) is 5.69 Å². The summed E-state index contributed by atoms with van der Waals surface area (Å²) in [6, 6.07) is 8.11. The van der Waals surface area contributed by atoms with Gasteiger partial charge in [-0.2, -0.15) is 0 Å². The molecule has 0 radical (unpaired) electrons. The molecule has 0 aliphatic carbocycles. The van der Waals surface area contributed by atoms with Crippen molar-refractivity contribution in [2.45, 2.75) is 26.2 Å². The molecule has 1 rings (SSSR count). The highest BCUT2D eigenvalue weighted by molar-refractivity contribution is 5.77. The van der Waals surface area contributed by atoms with Crippen molar-refractivity contribution in [2.75, 3.05) is 32.1 Å². The summed E-state index contributed by atoms with van der Waals surface area (Å²) in [6.45, 7) is 2.70. The molecular formula is C16H24N2O3. The van der Waals surface area contributed by atoms with Crippen molar-refractivity contribution in [1.82, 2.24) is 4.90 Å². The van der Waals surface area contributed by atoms with Gasteiger partial charge in [-0.3, -0.25) is 9.59 Å². The standard InChI is InChI=1S/C16H24N2O3/c1-4-18(12-11-16(20)21)15(19)10-7-13-5-8-14(9-6-13)17(2)3/h5-6,8-9H,4,7,10-12H2,1-3H3,(H,20,21). The van der Waals surface area contributed by atoms with E-state index in [1.165, 1.54) is 0 Å². The molecule has 5 nitrogen and oxygen atoms in total. The first-order chi connectivity index (χ1) is 9.93. The topological polar surface area (TPSA) is 60.9 Å². The molecule has 0 aliphatic rings. The lowest BCUT2D eigenvalue weighted by molar-refractivity contribution is -0.138. The number of aryl methyl sites for hydroxylation is 1. The van der Waals surface area contributed by atoms with Crippen molar-refractivity contribution >= 4 is 17.6 Å². The van der Waals surface area contributed by atoms with Gasteiger partial charge in [0.05, 0.1) is 6.42 Å². The maximum Gasteiger partial charge on any atom is 0.305 e. The second-order valence-corrected chi connectivity index (χ2v) is 5.18. The van der Waals surface area contributed by atoms with E-state index >= 15 is 0 Å². The molecule has 5 heteroatoms. The lowest BCUT2D eigenvalue weighted by Crippen LogP contribution is -2.32. The zero-order chi connectivity index (χ0) is 15.8. The lowest BCUT2D eigenvalue weighted by atomic mass is 10.1. The van der Waals surface area contributed by atoms with Gasteiger partial charge in [0.25, 0.3) is 0 Å². The fourth-order valence-electron chi connectivity index (χ4n) is 2.06. The van der Waals surface area contributed by atoms with E-state index in [4.69, 9.17) is 5.11 Å². The Balaban J connectivity index is 2.48. The molecule has 0 spiro atoms. The lowest BCUT2D eigenvalue weighted by Gasteiger charge is -2.20. The number of benzene rings is 1. The molecule has 0 saturated heterocycles. The van der Waals surface area contributed by atoms with Crippen LogP contribution in [0.3, 0.4) is 0 Å². The summed E-state index contributed by atoms with van der Waals surface area (Å²) in [5.74, 6) is -0.865. The van der Waals surface area contributed by atoms with Crippen molar-refractivity contribution in [3.8, 4) is 0 Å². The van der Waals surface area contributed by atoms with Crippen LogP contribution in [0.25, 0.3) is 0 Å². The number of aliphatic carboxylic acids is 1. The Labute approximate surface area is 126 Å². The molecule has 21 heavy (non-hydrogen) atoms.